The first-order valence-corrected chi connectivity index (χ1v) is 10.3. The second-order valence-corrected chi connectivity index (χ2v) is 7.36. The second-order valence-electron chi connectivity index (χ2n) is 7.36. The molecule has 4 heterocycles. The summed E-state index contributed by atoms with van der Waals surface area (Å²) in [6.07, 6.45) is 0.327. The van der Waals surface area contributed by atoms with Crippen LogP contribution in [0.25, 0.3) is 17.2 Å². The van der Waals surface area contributed by atoms with Gasteiger partial charge >= 0.3 is 0 Å². The third-order valence-electron chi connectivity index (χ3n) is 5.13. The fraction of sp³-hybridized carbons (Fsp3) is 0.318. The smallest absolute Gasteiger partial charge is 0.252 e. The first-order chi connectivity index (χ1) is 16.0. The van der Waals surface area contributed by atoms with Crippen LogP contribution in [0.3, 0.4) is 0 Å². The molecule has 0 aliphatic carbocycles. The Labute approximate surface area is 189 Å². The van der Waals surface area contributed by atoms with Gasteiger partial charge in [-0.1, -0.05) is 18.6 Å². The fourth-order valence-electron chi connectivity index (χ4n) is 3.44. The van der Waals surface area contributed by atoms with E-state index >= 15 is 0 Å². The number of imidazole rings is 1. The van der Waals surface area contributed by atoms with Gasteiger partial charge in [0.2, 0.25) is 0 Å². The standard InChI is InChI=1S/C22H23N7O4/c1-2-13-8-6-9-14(28-13)7-4-3-5-10-24-21(32)18-16(30)17(31)22(33-18)29-12-27-15-19(23)25-11-26-20(15)29/h2,6,8-9,11-12,16-18,22,30-31H,1,3,5,10H2,(H,24,32)(H2,23,25,26)/t16-,17+,18-,22+/m0/s1. The lowest BCUT2D eigenvalue weighted by Crippen LogP contribution is -2.43. The van der Waals surface area contributed by atoms with E-state index in [9.17, 15) is 15.0 Å². The van der Waals surface area contributed by atoms with E-state index in [-0.39, 0.29) is 5.82 Å². The molecule has 11 heteroatoms. The predicted octanol–water partition coefficient (Wildman–Crippen LogP) is 0.0138. The van der Waals surface area contributed by atoms with Crippen LogP contribution in [-0.4, -0.2) is 65.5 Å². The van der Waals surface area contributed by atoms with Crippen LogP contribution in [0.2, 0.25) is 0 Å². The molecule has 11 nitrogen and oxygen atoms in total. The van der Waals surface area contributed by atoms with Gasteiger partial charge in [0.15, 0.2) is 23.8 Å². The number of anilines is 1. The Morgan fingerprint density at radius 1 is 1.30 bits per heavy atom. The van der Waals surface area contributed by atoms with Crippen molar-refractivity contribution in [3.63, 3.8) is 0 Å². The summed E-state index contributed by atoms with van der Waals surface area (Å²) in [5.74, 6) is 5.62. The third kappa shape index (κ3) is 4.68. The lowest BCUT2D eigenvalue weighted by atomic mass is 10.1. The Kier molecular flexibility index (Phi) is 6.60. The van der Waals surface area contributed by atoms with E-state index in [1.165, 1.54) is 17.2 Å². The van der Waals surface area contributed by atoms with E-state index in [2.05, 4.69) is 43.7 Å². The number of aliphatic hydroxyl groups excluding tert-OH is 2. The molecule has 1 fully saturated rings. The van der Waals surface area contributed by atoms with Gasteiger partial charge in [0.05, 0.1) is 12.0 Å². The molecule has 1 amide bonds. The van der Waals surface area contributed by atoms with E-state index in [1.54, 1.807) is 6.08 Å². The van der Waals surface area contributed by atoms with Gasteiger partial charge < -0.3 is 26.0 Å². The van der Waals surface area contributed by atoms with E-state index in [0.717, 1.165) is 5.69 Å². The zero-order valence-electron chi connectivity index (χ0n) is 17.6. The number of fused-ring (bicyclic) bond motifs is 1. The molecule has 3 aromatic rings. The number of nitrogens with two attached hydrogens (primary N) is 1. The number of carbonyl (C=O) groups excluding carboxylic acids is 1. The Hall–Kier alpha value is -3.85. The van der Waals surface area contributed by atoms with E-state index < -0.39 is 30.4 Å². The first kappa shape index (κ1) is 22.3. The van der Waals surface area contributed by atoms with Crippen LogP contribution in [0.5, 0.6) is 0 Å². The Bertz CT molecular complexity index is 1230. The number of nitrogens with one attached hydrogen (secondary N) is 1. The molecule has 3 aromatic heterocycles. The number of pyridine rings is 1. The van der Waals surface area contributed by atoms with Gasteiger partial charge in [-0.3, -0.25) is 9.36 Å². The van der Waals surface area contributed by atoms with Gasteiger partial charge in [-0.2, -0.15) is 0 Å². The summed E-state index contributed by atoms with van der Waals surface area (Å²) in [6.45, 7) is 4.01. The summed E-state index contributed by atoms with van der Waals surface area (Å²) in [5.41, 5.74) is 7.85. The maximum atomic E-state index is 12.5. The van der Waals surface area contributed by atoms with Crippen LogP contribution in [0.1, 0.15) is 30.5 Å². The summed E-state index contributed by atoms with van der Waals surface area (Å²) in [5, 5.41) is 23.5. The highest BCUT2D eigenvalue weighted by Crippen LogP contribution is 2.32. The van der Waals surface area contributed by atoms with Crippen molar-refractivity contribution in [2.45, 2.75) is 37.4 Å². The van der Waals surface area contributed by atoms with Crippen molar-refractivity contribution in [3.05, 3.63) is 48.8 Å². The van der Waals surface area contributed by atoms with Crippen LogP contribution in [0, 0.1) is 11.8 Å². The summed E-state index contributed by atoms with van der Waals surface area (Å²) < 4.78 is 7.08. The minimum Gasteiger partial charge on any atom is -0.387 e. The Balaban J connectivity index is 1.31. The maximum absolute atomic E-state index is 12.5. The van der Waals surface area contributed by atoms with E-state index in [0.29, 0.717) is 36.2 Å². The summed E-state index contributed by atoms with van der Waals surface area (Å²) >= 11 is 0. The molecular weight excluding hydrogens is 426 g/mol. The van der Waals surface area contributed by atoms with Crippen LogP contribution in [-0.2, 0) is 9.53 Å². The summed E-state index contributed by atoms with van der Waals surface area (Å²) in [4.78, 5) is 28.9. The van der Waals surface area contributed by atoms with Gasteiger partial charge in [0, 0.05) is 13.0 Å². The minimum atomic E-state index is -1.42. The number of amides is 1. The number of unbranched alkanes of at least 4 members (excludes halogenated alkanes) is 1. The molecule has 0 saturated carbocycles. The van der Waals surface area contributed by atoms with Crippen molar-refractivity contribution in [2.75, 3.05) is 12.3 Å². The number of aliphatic hydroxyl groups is 2. The molecule has 0 bridgehead atoms. The Morgan fingerprint density at radius 2 is 2.15 bits per heavy atom. The predicted molar refractivity (Wildman–Crippen MR) is 119 cm³/mol. The number of carbonyl (C=O) groups is 1. The topological polar surface area (TPSA) is 161 Å². The van der Waals surface area contributed by atoms with Gasteiger partial charge in [-0.25, -0.2) is 19.9 Å². The normalized spacial score (nSPS) is 22.0. The van der Waals surface area contributed by atoms with E-state index in [1.807, 2.05) is 18.2 Å². The van der Waals surface area contributed by atoms with Crippen molar-refractivity contribution >= 4 is 29.0 Å². The van der Waals surface area contributed by atoms with E-state index in [4.69, 9.17) is 10.5 Å². The molecule has 1 aliphatic heterocycles. The molecule has 0 aromatic carbocycles. The molecule has 170 valence electrons. The van der Waals surface area contributed by atoms with Crippen LogP contribution < -0.4 is 11.1 Å². The molecule has 1 saturated heterocycles. The molecule has 0 spiro atoms. The highest BCUT2D eigenvalue weighted by atomic mass is 16.6. The molecule has 4 rings (SSSR count). The van der Waals surface area contributed by atoms with Crippen LogP contribution in [0.15, 0.2) is 37.4 Å². The molecule has 1 aliphatic rings. The largest absolute Gasteiger partial charge is 0.387 e. The number of ether oxygens (including phenoxy) is 1. The fourth-order valence-corrected chi connectivity index (χ4v) is 3.44. The van der Waals surface area contributed by atoms with Crippen molar-refractivity contribution in [3.8, 4) is 11.8 Å². The average Bonchev–Trinajstić information content (AvgIpc) is 3.38. The Morgan fingerprint density at radius 3 is 2.97 bits per heavy atom. The zero-order valence-corrected chi connectivity index (χ0v) is 17.6. The number of rotatable bonds is 6. The highest BCUT2D eigenvalue weighted by molar-refractivity contribution is 5.82. The number of hydrogen-bond donors (Lipinski definition) is 4. The highest BCUT2D eigenvalue weighted by Gasteiger charge is 2.47. The van der Waals surface area contributed by atoms with Crippen LogP contribution in [0.4, 0.5) is 5.82 Å². The molecule has 5 N–H and O–H groups in total. The molecule has 4 atom stereocenters. The molecule has 0 unspecified atom stereocenters. The number of nitrogen functional groups attached to an aromatic ring is 1. The van der Waals surface area contributed by atoms with Crippen molar-refractivity contribution in [1.82, 2.24) is 29.8 Å². The first-order valence-electron chi connectivity index (χ1n) is 10.3. The van der Waals surface area contributed by atoms with Gasteiger partial charge in [-0.05, 0) is 30.6 Å². The zero-order chi connectivity index (χ0) is 23.4. The van der Waals surface area contributed by atoms with Crippen LogP contribution >= 0.6 is 0 Å². The summed E-state index contributed by atoms with van der Waals surface area (Å²) in [7, 11) is 0. The molecular formula is C22H23N7O4. The number of aromatic nitrogens is 5. The SMILES string of the molecule is C=Cc1cccc(C#CCCCNC(=O)[C@H]2O[C@@H](n3cnc4c(N)ncnc43)[C@H](O)[C@@H]2O)n1. The van der Waals surface area contributed by atoms with Gasteiger partial charge in [0.1, 0.15) is 29.7 Å². The average molecular weight is 449 g/mol. The second kappa shape index (κ2) is 9.74. The van der Waals surface area contributed by atoms with Crippen molar-refractivity contribution in [2.24, 2.45) is 0 Å². The van der Waals surface area contributed by atoms with Crippen molar-refractivity contribution < 1.29 is 19.7 Å². The maximum Gasteiger partial charge on any atom is 0.252 e. The van der Waals surface area contributed by atoms with Gasteiger partial charge in [-0.15, -0.1) is 0 Å². The minimum absolute atomic E-state index is 0.174. The number of nitrogens with zero attached hydrogens (tertiary/aromatic N) is 5. The lowest BCUT2D eigenvalue weighted by Gasteiger charge is -2.16. The van der Waals surface area contributed by atoms with Crippen molar-refractivity contribution in [1.29, 1.82) is 0 Å². The lowest BCUT2D eigenvalue weighted by molar-refractivity contribution is -0.137. The monoisotopic (exact) mass is 449 g/mol. The number of hydrogen-bond acceptors (Lipinski definition) is 9. The summed E-state index contributed by atoms with van der Waals surface area (Å²) in [6, 6.07) is 5.51. The third-order valence-corrected chi connectivity index (χ3v) is 5.13. The molecule has 0 radical (unpaired) electrons. The molecule has 33 heavy (non-hydrogen) atoms. The quantitative estimate of drug-likeness (QED) is 0.300. The van der Waals surface area contributed by atoms with Gasteiger partial charge in [0.25, 0.3) is 5.91 Å².